The molecule has 3 heterocycles. The molecule has 154 valence electrons. The Balaban J connectivity index is 1.28. The fourth-order valence-corrected chi connectivity index (χ4v) is 4.20. The van der Waals surface area contributed by atoms with Crippen LogP contribution < -0.4 is 5.32 Å². The number of hydrogen-bond acceptors (Lipinski definition) is 6. The average Bonchev–Trinajstić information content (AvgIpc) is 3.42. The van der Waals surface area contributed by atoms with Crippen molar-refractivity contribution in [2.24, 2.45) is 0 Å². The van der Waals surface area contributed by atoms with E-state index in [1.165, 1.54) is 27.3 Å². The fourth-order valence-electron chi connectivity index (χ4n) is 3.31. The number of nitro benzene ring substituents is 1. The maximum absolute atomic E-state index is 12.4. The van der Waals surface area contributed by atoms with E-state index in [1.807, 2.05) is 4.90 Å². The second kappa shape index (κ2) is 8.46. The van der Waals surface area contributed by atoms with Crippen molar-refractivity contribution in [3.8, 4) is 5.69 Å². The molecule has 0 bridgehead atoms. The van der Waals surface area contributed by atoms with Crippen molar-refractivity contribution < 1.29 is 14.5 Å². The Morgan fingerprint density at radius 3 is 2.77 bits per heavy atom. The number of thiophene rings is 1. The quantitative estimate of drug-likeness (QED) is 0.482. The van der Waals surface area contributed by atoms with E-state index in [-0.39, 0.29) is 36.2 Å². The van der Waals surface area contributed by atoms with Crippen molar-refractivity contribution in [3.05, 3.63) is 74.2 Å². The van der Waals surface area contributed by atoms with Gasteiger partial charge in [-0.3, -0.25) is 19.7 Å². The van der Waals surface area contributed by atoms with Crippen molar-refractivity contribution in [3.63, 3.8) is 0 Å². The smallest absolute Gasteiger partial charge is 0.271 e. The minimum absolute atomic E-state index is 0.0162. The van der Waals surface area contributed by atoms with Crippen LogP contribution in [0.25, 0.3) is 5.69 Å². The minimum Gasteiger partial charge on any atom is -0.350 e. The number of carbonyl (C=O) groups excluding carboxylic acids is 2. The van der Waals surface area contributed by atoms with Gasteiger partial charge < -0.3 is 10.2 Å². The van der Waals surface area contributed by atoms with Crippen LogP contribution in [0.4, 0.5) is 5.69 Å². The highest BCUT2D eigenvalue weighted by Crippen LogP contribution is 2.24. The molecule has 3 aromatic rings. The van der Waals surface area contributed by atoms with Crippen LogP contribution in [0.2, 0.25) is 0 Å². The monoisotopic (exact) mass is 425 g/mol. The summed E-state index contributed by atoms with van der Waals surface area (Å²) < 4.78 is 1.47. The zero-order valence-corrected chi connectivity index (χ0v) is 16.8. The van der Waals surface area contributed by atoms with Gasteiger partial charge in [0.1, 0.15) is 0 Å². The summed E-state index contributed by atoms with van der Waals surface area (Å²) in [7, 11) is 0. The van der Waals surface area contributed by atoms with Gasteiger partial charge in [0.15, 0.2) is 5.69 Å². The predicted molar refractivity (Wildman–Crippen MR) is 111 cm³/mol. The summed E-state index contributed by atoms with van der Waals surface area (Å²) in [6.07, 6.45) is 2.72. The van der Waals surface area contributed by atoms with Crippen molar-refractivity contribution in [1.29, 1.82) is 0 Å². The minimum atomic E-state index is -0.476. The van der Waals surface area contributed by atoms with Crippen LogP contribution in [0.5, 0.6) is 0 Å². The van der Waals surface area contributed by atoms with Crippen LogP contribution in [0.1, 0.15) is 27.3 Å². The van der Waals surface area contributed by atoms with E-state index >= 15 is 0 Å². The summed E-state index contributed by atoms with van der Waals surface area (Å²) >= 11 is 1.73. The Bertz CT molecular complexity index is 1090. The van der Waals surface area contributed by atoms with Gasteiger partial charge in [-0.25, -0.2) is 4.68 Å². The molecule has 30 heavy (non-hydrogen) atoms. The standard InChI is InChI=1S/C20H19N5O4S/c26-19(23-10-7-18-14(13-23)8-12-30-18)5-9-21-20(27)17-6-11-24(22-17)15-1-3-16(4-2-15)25(28)29/h1-4,6,8,11-12H,5,7,9-10,13H2,(H,21,27). The summed E-state index contributed by atoms with van der Waals surface area (Å²) in [5, 5.41) is 19.7. The lowest BCUT2D eigenvalue weighted by Gasteiger charge is -2.27. The molecule has 0 spiro atoms. The highest BCUT2D eigenvalue weighted by molar-refractivity contribution is 7.10. The zero-order valence-electron chi connectivity index (χ0n) is 16.0. The van der Waals surface area contributed by atoms with Crippen LogP contribution in [-0.2, 0) is 17.8 Å². The van der Waals surface area contributed by atoms with Crippen molar-refractivity contribution in [2.45, 2.75) is 19.4 Å². The molecule has 1 aliphatic heterocycles. The van der Waals surface area contributed by atoms with Crippen molar-refractivity contribution in [2.75, 3.05) is 13.1 Å². The molecule has 10 heteroatoms. The summed E-state index contributed by atoms with van der Waals surface area (Å²) in [5.41, 5.74) is 2.01. The molecule has 1 aliphatic rings. The third-order valence-corrected chi connectivity index (χ3v) is 5.95. The first-order valence-corrected chi connectivity index (χ1v) is 10.3. The number of nitrogens with one attached hydrogen (secondary N) is 1. The van der Waals surface area contributed by atoms with Gasteiger partial charge in [-0.1, -0.05) is 0 Å². The molecule has 0 radical (unpaired) electrons. The van der Waals surface area contributed by atoms with Crippen LogP contribution in [0.15, 0.2) is 48.0 Å². The summed E-state index contributed by atoms with van der Waals surface area (Å²) in [6.45, 7) is 1.57. The predicted octanol–water partition coefficient (Wildman–Crippen LogP) is 2.55. The number of aromatic nitrogens is 2. The van der Waals surface area contributed by atoms with Crippen molar-refractivity contribution in [1.82, 2.24) is 20.0 Å². The second-order valence-electron chi connectivity index (χ2n) is 6.86. The van der Waals surface area contributed by atoms with Gasteiger partial charge in [-0.2, -0.15) is 5.10 Å². The highest BCUT2D eigenvalue weighted by Gasteiger charge is 2.21. The number of fused-ring (bicyclic) bond motifs is 1. The van der Waals surface area contributed by atoms with Crippen LogP contribution in [-0.4, -0.2) is 44.5 Å². The normalized spacial score (nSPS) is 13.0. The van der Waals surface area contributed by atoms with Gasteiger partial charge in [-0.15, -0.1) is 11.3 Å². The molecule has 1 N–H and O–H groups in total. The number of carbonyl (C=O) groups is 2. The SMILES string of the molecule is O=C(NCCC(=O)N1CCc2sccc2C1)c1ccn(-c2ccc([N+](=O)[O-])cc2)n1. The third-order valence-electron chi connectivity index (χ3n) is 4.93. The van der Waals surface area contributed by atoms with E-state index < -0.39 is 4.92 Å². The molecule has 0 saturated carbocycles. The van der Waals surface area contributed by atoms with Gasteiger partial charge in [0.2, 0.25) is 5.91 Å². The van der Waals surface area contributed by atoms with E-state index in [0.29, 0.717) is 18.8 Å². The van der Waals surface area contributed by atoms with E-state index in [4.69, 9.17) is 0 Å². The van der Waals surface area contributed by atoms with Crippen LogP contribution in [0.3, 0.4) is 0 Å². The summed E-state index contributed by atoms with van der Waals surface area (Å²) in [4.78, 5) is 38.2. The Hall–Kier alpha value is -3.53. The molecule has 0 aliphatic carbocycles. The number of hydrogen-bond donors (Lipinski definition) is 1. The van der Waals surface area contributed by atoms with Gasteiger partial charge in [-0.05, 0) is 41.6 Å². The average molecular weight is 425 g/mol. The maximum atomic E-state index is 12.4. The van der Waals surface area contributed by atoms with E-state index in [1.54, 1.807) is 35.7 Å². The molecular weight excluding hydrogens is 406 g/mol. The number of amides is 2. The summed E-state index contributed by atoms with van der Waals surface area (Å²) in [5.74, 6) is -0.356. The maximum Gasteiger partial charge on any atom is 0.271 e. The largest absolute Gasteiger partial charge is 0.350 e. The van der Waals surface area contributed by atoms with Gasteiger partial charge in [0.05, 0.1) is 10.6 Å². The molecule has 1 aromatic carbocycles. The Morgan fingerprint density at radius 1 is 1.20 bits per heavy atom. The Kier molecular flexibility index (Phi) is 5.57. The Labute approximate surface area is 176 Å². The topological polar surface area (TPSA) is 110 Å². The van der Waals surface area contributed by atoms with Crippen LogP contribution in [0, 0.1) is 10.1 Å². The first kappa shape index (κ1) is 19.8. The molecule has 4 rings (SSSR count). The zero-order chi connectivity index (χ0) is 21.1. The molecule has 0 atom stereocenters. The van der Waals surface area contributed by atoms with E-state index in [9.17, 15) is 19.7 Å². The lowest BCUT2D eigenvalue weighted by atomic mass is 10.1. The van der Waals surface area contributed by atoms with Crippen LogP contribution >= 0.6 is 11.3 Å². The molecule has 2 amide bonds. The first-order valence-electron chi connectivity index (χ1n) is 9.43. The second-order valence-corrected chi connectivity index (χ2v) is 7.86. The number of nitrogens with zero attached hydrogens (tertiary/aromatic N) is 4. The molecule has 9 nitrogen and oxygen atoms in total. The molecule has 0 fully saturated rings. The van der Waals surface area contributed by atoms with E-state index in [2.05, 4.69) is 21.9 Å². The fraction of sp³-hybridized carbons (Fsp3) is 0.250. The molecule has 0 unspecified atom stereocenters. The Morgan fingerprint density at radius 2 is 2.00 bits per heavy atom. The number of rotatable bonds is 6. The number of nitro groups is 1. The van der Waals surface area contributed by atoms with Crippen molar-refractivity contribution >= 4 is 28.8 Å². The number of benzene rings is 1. The lowest BCUT2D eigenvalue weighted by molar-refractivity contribution is -0.384. The van der Waals surface area contributed by atoms with Gasteiger partial charge in [0.25, 0.3) is 11.6 Å². The van der Waals surface area contributed by atoms with Gasteiger partial charge >= 0.3 is 0 Å². The third kappa shape index (κ3) is 4.23. The first-order chi connectivity index (χ1) is 14.5. The lowest BCUT2D eigenvalue weighted by Crippen LogP contribution is -2.37. The molecule has 2 aromatic heterocycles. The highest BCUT2D eigenvalue weighted by atomic mass is 32.1. The number of non-ortho nitro benzene ring substituents is 1. The summed E-state index contributed by atoms with van der Waals surface area (Å²) in [6, 6.07) is 9.49. The van der Waals surface area contributed by atoms with E-state index in [0.717, 1.165) is 6.42 Å². The van der Waals surface area contributed by atoms with Gasteiger partial charge in [0, 0.05) is 49.3 Å². The molecule has 0 saturated heterocycles. The molecular formula is C20H19N5O4S.